The van der Waals surface area contributed by atoms with Crippen LogP contribution in [-0.2, 0) is 11.3 Å². The van der Waals surface area contributed by atoms with Gasteiger partial charge in [-0.25, -0.2) is 4.79 Å². The van der Waals surface area contributed by atoms with E-state index < -0.39 is 0 Å². The lowest BCUT2D eigenvalue weighted by molar-refractivity contribution is 0.00544. The lowest BCUT2D eigenvalue weighted by atomic mass is 9.89. The molecule has 0 unspecified atom stereocenters. The van der Waals surface area contributed by atoms with Crippen molar-refractivity contribution >= 4 is 17.6 Å². The summed E-state index contributed by atoms with van der Waals surface area (Å²) in [6.45, 7) is 5.17. The Kier molecular flexibility index (Phi) is 9.69. The van der Waals surface area contributed by atoms with Gasteiger partial charge in [-0.15, -0.1) is 0 Å². The molecule has 1 N–H and O–H groups in total. The Morgan fingerprint density at radius 2 is 1.83 bits per heavy atom. The van der Waals surface area contributed by atoms with Crippen LogP contribution in [0.4, 0.5) is 4.79 Å². The Balaban J connectivity index is 1.31. The molecule has 190 valence electrons. The van der Waals surface area contributed by atoms with Crippen molar-refractivity contribution < 1.29 is 14.3 Å². The van der Waals surface area contributed by atoms with Crippen LogP contribution in [0, 0.1) is 5.92 Å². The van der Waals surface area contributed by atoms with E-state index in [4.69, 9.17) is 21.1 Å². The van der Waals surface area contributed by atoms with Crippen LogP contribution in [0.2, 0.25) is 5.02 Å². The van der Waals surface area contributed by atoms with Crippen molar-refractivity contribution in [1.29, 1.82) is 0 Å². The van der Waals surface area contributed by atoms with E-state index in [1.807, 2.05) is 47.4 Å². The van der Waals surface area contributed by atoms with E-state index in [0.717, 1.165) is 56.1 Å². The van der Waals surface area contributed by atoms with Gasteiger partial charge < -0.3 is 19.7 Å². The van der Waals surface area contributed by atoms with Gasteiger partial charge >= 0.3 is 6.03 Å². The zero-order chi connectivity index (χ0) is 24.5. The minimum absolute atomic E-state index is 0.0803. The molecule has 1 atom stereocenters. The highest BCUT2D eigenvalue weighted by Crippen LogP contribution is 2.26. The topological polar surface area (TPSA) is 54.0 Å². The van der Waals surface area contributed by atoms with E-state index in [9.17, 15) is 4.79 Å². The number of hydrogen-bond donors (Lipinski definition) is 1. The van der Waals surface area contributed by atoms with Crippen LogP contribution in [0.15, 0.2) is 48.5 Å². The summed E-state index contributed by atoms with van der Waals surface area (Å²) in [7, 11) is 1.68. The molecule has 1 saturated heterocycles. The molecule has 2 aromatic rings. The third-order valence-electron chi connectivity index (χ3n) is 7.16. The summed E-state index contributed by atoms with van der Waals surface area (Å²) in [5.74, 6) is 1.47. The summed E-state index contributed by atoms with van der Waals surface area (Å²) in [5.41, 5.74) is 2.13. The van der Waals surface area contributed by atoms with Gasteiger partial charge in [-0.05, 0) is 54.2 Å². The molecule has 0 radical (unpaired) electrons. The summed E-state index contributed by atoms with van der Waals surface area (Å²) in [5, 5.41) is 3.89. The fraction of sp³-hybridized carbons (Fsp3) is 0.536. The lowest BCUT2D eigenvalue weighted by Gasteiger charge is -2.36. The molecule has 2 aliphatic rings. The van der Waals surface area contributed by atoms with E-state index in [2.05, 4.69) is 16.3 Å². The van der Waals surface area contributed by atoms with Gasteiger partial charge in [0.1, 0.15) is 5.75 Å². The molecule has 1 aliphatic carbocycles. The van der Waals surface area contributed by atoms with Gasteiger partial charge in [0, 0.05) is 44.3 Å². The molecule has 2 fully saturated rings. The predicted octanol–water partition coefficient (Wildman–Crippen LogP) is 5.51. The van der Waals surface area contributed by atoms with Crippen LogP contribution in [0.1, 0.15) is 49.3 Å². The molecule has 2 amide bonds. The number of nitrogens with one attached hydrogen (secondary N) is 1. The van der Waals surface area contributed by atoms with E-state index in [-0.39, 0.29) is 12.1 Å². The Morgan fingerprint density at radius 1 is 1.06 bits per heavy atom. The number of hydrogen-bond acceptors (Lipinski definition) is 4. The van der Waals surface area contributed by atoms with Crippen LogP contribution in [0.3, 0.4) is 0 Å². The SMILES string of the molecule is COc1cccc([C@H](CN2CCN(C(=O)NCC3CCCCC3)CC2)OCc2cccc(Cl)c2)c1. The van der Waals surface area contributed by atoms with Crippen LogP contribution < -0.4 is 10.1 Å². The van der Waals surface area contributed by atoms with Crippen LogP contribution >= 0.6 is 11.6 Å². The monoisotopic (exact) mass is 499 g/mol. The van der Waals surface area contributed by atoms with Gasteiger partial charge in [0.2, 0.25) is 0 Å². The molecule has 2 aromatic carbocycles. The van der Waals surface area contributed by atoms with Gasteiger partial charge in [0.25, 0.3) is 0 Å². The largest absolute Gasteiger partial charge is 0.497 e. The van der Waals surface area contributed by atoms with Gasteiger partial charge in [-0.1, -0.05) is 55.1 Å². The van der Waals surface area contributed by atoms with Crippen molar-refractivity contribution in [3.8, 4) is 5.75 Å². The van der Waals surface area contributed by atoms with E-state index in [0.29, 0.717) is 17.5 Å². The molecule has 0 aromatic heterocycles. The molecular formula is C28H38ClN3O3. The number of benzene rings is 2. The maximum absolute atomic E-state index is 12.7. The summed E-state index contributed by atoms with van der Waals surface area (Å²) < 4.78 is 11.8. The fourth-order valence-electron chi connectivity index (χ4n) is 5.02. The second-order valence-corrected chi connectivity index (χ2v) is 10.1. The van der Waals surface area contributed by atoms with Crippen molar-refractivity contribution in [2.75, 3.05) is 46.4 Å². The highest BCUT2D eigenvalue weighted by atomic mass is 35.5. The van der Waals surface area contributed by atoms with E-state index >= 15 is 0 Å². The number of rotatable bonds is 9. The third-order valence-corrected chi connectivity index (χ3v) is 7.39. The molecule has 35 heavy (non-hydrogen) atoms. The maximum atomic E-state index is 12.7. The third kappa shape index (κ3) is 7.86. The van der Waals surface area contributed by atoms with Gasteiger partial charge in [-0.2, -0.15) is 0 Å². The summed E-state index contributed by atoms with van der Waals surface area (Å²) in [4.78, 5) is 17.0. The number of methoxy groups -OCH3 is 1. The Labute approximate surface area is 214 Å². The average Bonchev–Trinajstić information content (AvgIpc) is 2.90. The molecule has 7 heteroatoms. The van der Waals surface area contributed by atoms with Crippen molar-refractivity contribution in [3.05, 3.63) is 64.7 Å². The van der Waals surface area contributed by atoms with Crippen molar-refractivity contribution in [2.45, 2.75) is 44.8 Å². The first-order valence-corrected chi connectivity index (χ1v) is 13.2. The number of ether oxygens (including phenoxy) is 2. The van der Waals surface area contributed by atoms with E-state index in [1.54, 1.807) is 7.11 Å². The number of carbonyl (C=O) groups excluding carboxylic acids is 1. The predicted molar refractivity (Wildman–Crippen MR) is 140 cm³/mol. The van der Waals surface area contributed by atoms with Crippen molar-refractivity contribution in [1.82, 2.24) is 15.1 Å². The van der Waals surface area contributed by atoms with Gasteiger partial charge in [0.15, 0.2) is 0 Å². The van der Waals surface area contributed by atoms with Crippen molar-refractivity contribution in [2.24, 2.45) is 5.92 Å². The van der Waals surface area contributed by atoms with Crippen LogP contribution in [-0.4, -0.2) is 62.2 Å². The van der Waals surface area contributed by atoms with Gasteiger partial charge in [0.05, 0.1) is 19.8 Å². The molecule has 1 saturated carbocycles. The molecule has 4 rings (SSSR count). The van der Waals surface area contributed by atoms with Crippen LogP contribution in [0.25, 0.3) is 0 Å². The van der Waals surface area contributed by atoms with E-state index in [1.165, 1.54) is 32.1 Å². The van der Waals surface area contributed by atoms with Gasteiger partial charge in [-0.3, -0.25) is 4.90 Å². The minimum atomic E-state index is -0.115. The molecular weight excluding hydrogens is 462 g/mol. The first-order chi connectivity index (χ1) is 17.1. The number of nitrogens with zero attached hydrogens (tertiary/aromatic N) is 2. The molecule has 1 heterocycles. The minimum Gasteiger partial charge on any atom is -0.497 e. The number of amides is 2. The number of piperazine rings is 1. The molecule has 0 spiro atoms. The smallest absolute Gasteiger partial charge is 0.317 e. The standard InChI is InChI=1S/C28H38ClN3O3/c1-34-26-12-6-10-24(18-26)27(35-21-23-9-5-11-25(29)17-23)20-31-13-15-32(16-14-31)28(33)30-19-22-7-3-2-4-8-22/h5-6,9-12,17-18,22,27H,2-4,7-8,13-16,19-21H2,1H3,(H,30,33)/t27-/m0/s1. The van der Waals surface area contributed by atoms with Crippen LogP contribution in [0.5, 0.6) is 5.75 Å². The highest BCUT2D eigenvalue weighted by Gasteiger charge is 2.25. The number of urea groups is 1. The zero-order valence-electron chi connectivity index (χ0n) is 20.8. The van der Waals surface area contributed by atoms with Crippen molar-refractivity contribution in [3.63, 3.8) is 0 Å². The summed E-state index contributed by atoms with van der Waals surface area (Å²) in [6, 6.07) is 15.9. The second-order valence-electron chi connectivity index (χ2n) is 9.68. The molecule has 0 bridgehead atoms. The Hall–Kier alpha value is -2.28. The lowest BCUT2D eigenvalue weighted by Crippen LogP contribution is -2.53. The normalized spacial score (nSPS) is 18.3. The first kappa shape index (κ1) is 25.8. The fourth-order valence-corrected chi connectivity index (χ4v) is 5.24. The number of halogens is 1. The second kappa shape index (κ2) is 13.1. The summed E-state index contributed by atoms with van der Waals surface area (Å²) >= 11 is 6.16. The first-order valence-electron chi connectivity index (χ1n) is 12.9. The molecule has 6 nitrogen and oxygen atoms in total. The average molecular weight is 500 g/mol. The zero-order valence-corrected chi connectivity index (χ0v) is 21.5. The number of carbonyl (C=O) groups is 1. The molecule has 1 aliphatic heterocycles. The highest BCUT2D eigenvalue weighted by molar-refractivity contribution is 6.30. The Bertz CT molecular complexity index is 943. The quantitative estimate of drug-likeness (QED) is 0.494. The Morgan fingerprint density at radius 3 is 2.57 bits per heavy atom. The summed E-state index contributed by atoms with van der Waals surface area (Å²) in [6.07, 6.45) is 6.31. The maximum Gasteiger partial charge on any atom is 0.317 e.